The van der Waals surface area contributed by atoms with Gasteiger partial charge in [0, 0.05) is 54.6 Å². The fraction of sp³-hybridized carbons (Fsp3) is 0. The third-order valence-electron chi connectivity index (χ3n) is 9.98. The number of nitrogens with zero attached hydrogens (tertiary/aromatic N) is 4. The van der Waals surface area contributed by atoms with E-state index in [4.69, 9.17) is 19.4 Å². The van der Waals surface area contributed by atoms with E-state index in [2.05, 4.69) is 101 Å². The molecule has 0 saturated heterocycles. The summed E-state index contributed by atoms with van der Waals surface area (Å²) in [5.74, 6) is 1.90. The minimum atomic E-state index is 0.621. The van der Waals surface area contributed by atoms with Crippen molar-refractivity contribution in [3.8, 4) is 45.3 Å². The molecule has 0 aliphatic rings. The molecule has 232 valence electrons. The van der Waals surface area contributed by atoms with Crippen LogP contribution in [0.2, 0.25) is 0 Å². The highest BCUT2D eigenvalue weighted by atomic mass is 16.3. The van der Waals surface area contributed by atoms with Gasteiger partial charge in [0.15, 0.2) is 23.1 Å². The Hall–Kier alpha value is -6.85. The fourth-order valence-electron chi connectivity index (χ4n) is 7.75. The summed E-state index contributed by atoms with van der Waals surface area (Å²) in [6.07, 6.45) is 0. The van der Waals surface area contributed by atoms with Crippen LogP contribution in [0.1, 0.15) is 0 Å². The highest BCUT2D eigenvalue weighted by Crippen LogP contribution is 2.45. The van der Waals surface area contributed by atoms with Crippen LogP contribution in [0.5, 0.6) is 0 Å². The van der Waals surface area contributed by atoms with Gasteiger partial charge in [-0.25, -0.2) is 15.0 Å². The third-order valence-corrected chi connectivity index (χ3v) is 9.98. The lowest BCUT2D eigenvalue weighted by Crippen LogP contribution is -2.00. The summed E-state index contributed by atoms with van der Waals surface area (Å²) in [5, 5.41) is 7.15. The number of benzene rings is 7. The smallest absolute Gasteiger partial charge is 0.164 e. The third kappa shape index (κ3) is 3.86. The van der Waals surface area contributed by atoms with Crippen molar-refractivity contribution in [2.75, 3.05) is 0 Å². The zero-order chi connectivity index (χ0) is 32.8. The van der Waals surface area contributed by atoms with E-state index in [0.29, 0.717) is 17.5 Å². The Morgan fingerprint density at radius 1 is 0.360 bits per heavy atom. The van der Waals surface area contributed by atoms with Crippen molar-refractivity contribution in [1.82, 2.24) is 19.4 Å². The van der Waals surface area contributed by atoms with Gasteiger partial charge >= 0.3 is 0 Å². The monoisotopic (exact) mass is 638 g/mol. The zero-order valence-corrected chi connectivity index (χ0v) is 26.7. The summed E-state index contributed by atoms with van der Waals surface area (Å²) < 4.78 is 9.40. The first-order valence-corrected chi connectivity index (χ1v) is 16.8. The van der Waals surface area contributed by atoms with Crippen LogP contribution in [0.3, 0.4) is 0 Å². The second kappa shape index (κ2) is 10.3. The second-order valence-electron chi connectivity index (χ2n) is 12.8. The number of aromatic nitrogens is 4. The quantitative estimate of drug-likeness (QED) is 0.192. The molecular weight excluding hydrogens is 613 g/mol. The maximum Gasteiger partial charge on any atom is 0.164 e. The summed E-state index contributed by atoms with van der Waals surface area (Å²) in [7, 11) is 0. The van der Waals surface area contributed by atoms with Gasteiger partial charge in [-0.3, -0.25) is 0 Å². The van der Waals surface area contributed by atoms with Crippen LogP contribution >= 0.6 is 0 Å². The molecule has 4 aromatic heterocycles. The lowest BCUT2D eigenvalue weighted by atomic mass is 10.00. The van der Waals surface area contributed by atoms with Crippen molar-refractivity contribution in [3.63, 3.8) is 0 Å². The molecular formula is C45H26N4O. The lowest BCUT2D eigenvalue weighted by Gasteiger charge is -2.10. The number of hydrogen-bond donors (Lipinski definition) is 0. The van der Waals surface area contributed by atoms with Gasteiger partial charge in [-0.2, -0.15) is 0 Å². The van der Waals surface area contributed by atoms with E-state index in [0.717, 1.165) is 55.3 Å². The first kappa shape index (κ1) is 27.1. The predicted molar refractivity (Wildman–Crippen MR) is 204 cm³/mol. The maximum absolute atomic E-state index is 7.00. The average molecular weight is 639 g/mol. The molecule has 0 atom stereocenters. The molecule has 0 bridgehead atoms. The topological polar surface area (TPSA) is 56.2 Å². The number of furan rings is 1. The fourth-order valence-corrected chi connectivity index (χ4v) is 7.75. The molecule has 0 aliphatic carbocycles. The first-order valence-electron chi connectivity index (χ1n) is 16.8. The summed E-state index contributed by atoms with van der Waals surface area (Å²) in [5.41, 5.74) is 10.2. The summed E-state index contributed by atoms with van der Waals surface area (Å²) in [4.78, 5) is 14.8. The predicted octanol–water partition coefficient (Wildman–Crippen LogP) is 11.6. The molecule has 5 heteroatoms. The van der Waals surface area contributed by atoms with Crippen LogP contribution in [0, 0.1) is 0 Å². The van der Waals surface area contributed by atoms with Crippen molar-refractivity contribution in [1.29, 1.82) is 0 Å². The van der Waals surface area contributed by atoms with E-state index < -0.39 is 0 Å². The molecule has 0 radical (unpaired) electrons. The van der Waals surface area contributed by atoms with Crippen LogP contribution in [-0.2, 0) is 0 Å². The van der Waals surface area contributed by atoms with Crippen molar-refractivity contribution in [2.45, 2.75) is 0 Å². The van der Waals surface area contributed by atoms with E-state index in [1.807, 2.05) is 60.7 Å². The maximum atomic E-state index is 7.00. The zero-order valence-electron chi connectivity index (χ0n) is 26.7. The molecule has 4 heterocycles. The van der Waals surface area contributed by atoms with E-state index in [9.17, 15) is 0 Å². The van der Waals surface area contributed by atoms with Crippen molar-refractivity contribution >= 4 is 60.0 Å². The molecule has 0 fully saturated rings. The van der Waals surface area contributed by atoms with E-state index in [-0.39, 0.29) is 0 Å². The molecule has 0 amide bonds. The molecule has 0 spiro atoms. The number of rotatable bonds is 4. The molecule has 0 unspecified atom stereocenters. The average Bonchev–Trinajstić information content (AvgIpc) is 3.86. The van der Waals surface area contributed by atoms with Gasteiger partial charge in [0.05, 0.1) is 16.6 Å². The molecule has 0 saturated carbocycles. The highest BCUT2D eigenvalue weighted by Gasteiger charge is 2.22. The standard InChI is InChI=1S/C45H26N4O/c1-3-12-27(13-4-1)43-46-44(28-14-5-2-6-15-28)48-45(47-43)30-17-9-16-29(26-30)31-19-10-22-36-37-25-24-35-34-21-11-20-33-32-18-7-8-23-38(32)49(39(33)34)40(35)42(37)50-41(31)36/h1-26H. The van der Waals surface area contributed by atoms with Crippen LogP contribution in [0.4, 0.5) is 0 Å². The van der Waals surface area contributed by atoms with Gasteiger partial charge in [-0.15, -0.1) is 0 Å². The van der Waals surface area contributed by atoms with Crippen molar-refractivity contribution < 1.29 is 4.42 Å². The molecule has 11 aromatic rings. The summed E-state index contributed by atoms with van der Waals surface area (Å²) >= 11 is 0. The Morgan fingerprint density at radius 3 is 1.62 bits per heavy atom. The summed E-state index contributed by atoms with van der Waals surface area (Å²) in [6.45, 7) is 0. The lowest BCUT2D eigenvalue weighted by molar-refractivity contribution is 0.672. The van der Waals surface area contributed by atoms with Crippen molar-refractivity contribution in [3.05, 3.63) is 158 Å². The van der Waals surface area contributed by atoms with Gasteiger partial charge in [-0.05, 0) is 23.8 Å². The Balaban J connectivity index is 1.13. The van der Waals surface area contributed by atoms with Gasteiger partial charge in [0.1, 0.15) is 5.58 Å². The molecule has 5 nitrogen and oxygen atoms in total. The van der Waals surface area contributed by atoms with Crippen LogP contribution in [0.25, 0.3) is 105 Å². The molecule has 0 aliphatic heterocycles. The van der Waals surface area contributed by atoms with E-state index >= 15 is 0 Å². The minimum Gasteiger partial charge on any atom is -0.453 e. The normalized spacial score (nSPS) is 12.0. The largest absolute Gasteiger partial charge is 0.453 e. The van der Waals surface area contributed by atoms with Crippen molar-refractivity contribution in [2.24, 2.45) is 0 Å². The van der Waals surface area contributed by atoms with Gasteiger partial charge in [-0.1, -0.05) is 140 Å². The van der Waals surface area contributed by atoms with Gasteiger partial charge < -0.3 is 8.82 Å². The SMILES string of the molecule is c1ccc(-c2nc(-c3ccccc3)nc(-c3cccc(-c4cccc5c4oc4c5ccc5c6cccc7c8ccccc8n(c76)c54)c3)n2)cc1. The highest BCUT2D eigenvalue weighted by molar-refractivity contribution is 6.28. The molecule has 7 aromatic carbocycles. The van der Waals surface area contributed by atoms with E-state index in [1.54, 1.807) is 0 Å². The number of para-hydroxylation sites is 3. The Bertz CT molecular complexity index is 3030. The Labute approximate surface area is 286 Å². The first-order chi connectivity index (χ1) is 24.8. The molecule has 0 N–H and O–H groups in total. The Kier molecular flexibility index (Phi) is 5.60. The number of hydrogen-bond acceptors (Lipinski definition) is 4. The summed E-state index contributed by atoms with van der Waals surface area (Å²) in [6, 6.07) is 54.7. The van der Waals surface area contributed by atoms with Gasteiger partial charge in [0.2, 0.25) is 0 Å². The van der Waals surface area contributed by atoms with E-state index in [1.165, 1.54) is 32.6 Å². The Morgan fingerprint density at radius 2 is 0.860 bits per heavy atom. The molecule has 50 heavy (non-hydrogen) atoms. The van der Waals surface area contributed by atoms with Crippen LogP contribution in [0.15, 0.2) is 162 Å². The van der Waals surface area contributed by atoms with Crippen LogP contribution < -0.4 is 0 Å². The second-order valence-corrected chi connectivity index (χ2v) is 12.8. The van der Waals surface area contributed by atoms with Crippen LogP contribution in [-0.4, -0.2) is 19.4 Å². The minimum absolute atomic E-state index is 0.621. The number of fused-ring (bicyclic) bond motifs is 10. The molecule has 11 rings (SSSR count). The van der Waals surface area contributed by atoms with Gasteiger partial charge in [0.25, 0.3) is 0 Å².